The van der Waals surface area contributed by atoms with Gasteiger partial charge in [0, 0.05) is 30.7 Å². The number of halogens is 1. The van der Waals surface area contributed by atoms with Crippen molar-refractivity contribution >= 4 is 23.3 Å². The number of aromatic nitrogens is 2. The number of hydrogen-bond acceptors (Lipinski definition) is 4. The molecule has 0 aliphatic carbocycles. The lowest BCUT2D eigenvalue weighted by Crippen LogP contribution is -2.43. The fraction of sp³-hybridized carbons (Fsp3) is 0.320. The summed E-state index contributed by atoms with van der Waals surface area (Å²) in [4.78, 5) is 27.4. The Balaban J connectivity index is 1.48. The maximum absolute atomic E-state index is 12.8. The van der Waals surface area contributed by atoms with Gasteiger partial charge in [-0.15, -0.1) is 5.10 Å². The molecule has 0 radical (unpaired) electrons. The lowest BCUT2D eigenvalue weighted by molar-refractivity contribution is -0.125. The van der Waals surface area contributed by atoms with Crippen LogP contribution in [0.3, 0.4) is 0 Å². The Morgan fingerprint density at radius 3 is 2.72 bits per heavy atom. The lowest BCUT2D eigenvalue weighted by atomic mass is 9.97. The summed E-state index contributed by atoms with van der Waals surface area (Å²) in [6, 6.07) is 16.7. The average molecular weight is 451 g/mol. The Hall–Kier alpha value is -3.12. The number of nitrogens with one attached hydrogen (secondary N) is 1. The lowest BCUT2D eigenvalue weighted by Gasteiger charge is -2.33. The van der Waals surface area contributed by atoms with Gasteiger partial charge in [-0.2, -0.15) is 4.68 Å². The number of nitrogens with zero attached hydrogens (tertiary/aromatic N) is 3. The first-order valence-corrected chi connectivity index (χ1v) is 11.2. The van der Waals surface area contributed by atoms with Crippen LogP contribution in [0.2, 0.25) is 5.02 Å². The van der Waals surface area contributed by atoms with E-state index in [0.29, 0.717) is 29.6 Å². The van der Waals surface area contributed by atoms with Crippen molar-refractivity contribution in [2.45, 2.75) is 33.2 Å². The van der Waals surface area contributed by atoms with E-state index >= 15 is 0 Å². The molecule has 7 heteroatoms. The van der Waals surface area contributed by atoms with Gasteiger partial charge in [0.15, 0.2) is 0 Å². The van der Waals surface area contributed by atoms with Crippen LogP contribution in [0.25, 0.3) is 5.69 Å². The molecule has 0 spiro atoms. The highest BCUT2D eigenvalue weighted by atomic mass is 35.5. The molecule has 1 atom stereocenters. The maximum atomic E-state index is 12.8. The molecule has 0 unspecified atom stereocenters. The normalized spacial score (nSPS) is 16.1. The van der Waals surface area contributed by atoms with Crippen molar-refractivity contribution in [2.75, 3.05) is 18.0 Å². The smallest absolute Gasteiger partial charge is 0.271 e. The topological polar surface area (TPSA) is 67.2 Å². The Morgan fingerprint density at radius 2 is 1.94 bits per heavy atom. The zero-order valence-electron chi connectivity index (χ0n) is 18.3. The first-order valence-electron chi connectivity index (χ1n) is 10.9. The fourth-order valence-corrected chi connectivity index (χ4v) is 4.18. The van der Waals surface area contributed by atoms with Gasteiger partial charge in [0.1, 0.15) is 5.82 Å². The second-order valence-corrected chi connectivity index (χ2v) is 8.71. The van der Waals surface area contributed by atoms with E-state index in [2.05, 4.69) is 15.3 Å². The molecular formula is C25H27ClN4O2. The number of aryl methyl sites for hydroxylation is 2. The Kier molecular flexibility index (Phi) is 6.61. The predicted octanol–water partition coefficient (Wildman–Crippen LogP) is 4.04. The second kappa shape index (κ2) is 9.57. The van der Waals surface area contributed by atoms with Crippen molar-refractivity contribution in [1.82, 2.24) is 15.1 Å². The minimum Gasteiger partial charge on any atom is -0.354 e. The van der Waals surface area contributed by atoms with Crippen LogP contribution in [0.1, 0.15) is 29.5 Å². The molecule has 2 aromatic carbocycles. The van der Waals surface area contributed by atoms with E-state index in [1.165, 1.54) is 16.3 Å². The zero-order chi connectivity index (χ0) is 22.7. The number of carbonyl (C=O) groups is 1. The number of amides is 1. The largest absolute Gasteiger partial charge is 0.354 e. The fourth-order valence-electron chi connectivity index (χ4n) is 4.00. The summed E-state index contributed by atoms with van der Waals surface area (Å²) in [6.45, 7) is 5.85. The molecule has 1 aliphatic rings. The summed E-state index contributed by atoms with van der Waals surface area (Å²) >= 11 is 6.24. The van der Waals surface area contributed by atoms with Gasteiger partial charge in [0.05, 0.1) is 11.6 Å². The summed E-state index contributed by atoms with van der Waals surface area (Å²) in [5, 5.41) is 8.25. The minimum absolute atomic E-state index is 0.0524. The van der Waals surface area contributed by atoms with Crippen LogP contribution < -0.4 is 15.8 Å². The highest BCUT2D eigenvalue weighted by Gasteiger charge is 2.27. The van der Waals surface area contributed by atoms with E-state index in [0.717, 1.165) is 30.5 Å². The van der Waals surface area contributed by atoms with Crippen molar-refractivity contribution in [3.8, 4) is 5.69 Å². The van der Waals surface area contributed by atoms with Crippen molar-refractivity contribution in [2.24, 2.45) is 5.92 Å². The zero-order valence-corrected chi connectivity index (χ0v) is 19.1. The molecule has 2 heterocycles. The first kappa shape index (κ1) is 22.1. The van der Waals surface area contributed by atoms with Gasteiger partial charge in [0.25, 0.3) is 5.56 Å². The van der Waals surface area contributed by atoms with E-state index in [9.17, 15) is 9.59 Å². The maximum Gasteiger partial charge on any atom is 0.271 e. The number of rotatable bonds is 5. The second-order valence-electron chi connectivity index (χ2n) is 8.30. The van der Waals surface area contributed by atoms with Crippen LogP contribution in [0.4, 0.5) is 5.82 Å². The molecule has 32 heavy (non-hydrogen) atoms. The third-order valence-electron chi connectivity index (χ3n) is 6.02. The predicted molar refractivity (Wildman–Crippen MR) is 128 cm³/mol. The van der Waals surface area contributed by atoms with E-state index in [1.807, 2.05) is 50.2 Å². The number of hydrogen-bond donors (Lipinski definition) is 1. The monoisotopic (exact) mass is 450 g/mol. The van der Waals surface area contributed by atoms with Crippen molar-refractivity contribution in [3.63, 3.8) is 0 Å². The standard InChI is InChI=1S/C25H27ClN4O2/c1-17-6-3-4-7-19(17)15-27-25(32)20-8-5-13-29(16-20)23-11-12-24(31)30(28-23)21-10-9-18(2)22(26)14-21/h3-4,6-7,9-12,14,20H,5,8,13,15-16H2,1-2H3,(H,27,32)/t20-/m1/s1. The first-order chi connectivity index (χ1) is 15.4. The van der Waals surface area contributed by atoms with E-state index in [-0.39, 0.29) is 17.4 Å². The number of anilines is 1. The van der Waals surface area contributed by atoms with Crippen molar-refractivity contribution < 1.29 is 4.79 Å². The molecular weight excluding hydrogens is 424 g/mol. The van der Waals surface area contributed by atoms with E-state index in [4.69, 9.17) is 11.6 Å². The van der Waals surface area contributed by atoms with Gasteiger partial charge in [-0.05, 0) is 61.6 Å². The highest BCUT2D eigenvalue weighted by Crippen LogP contribution is 2.23. The molecule has 4 rings (SSSR count). The van der Waals surface area contributed by atoms with Crippen molar-refractivity contribution in [1.29, 1.82) is 0 Å². The number of benzene rings is 2. The number of piperidine rings is 1. The Bertz CT molecular complexity index is 1190. The summed E-state index contributed by atoms with van der Waals surface area (Å²) < 4.78 is 1.36. The summed E-state index contributed by atoms with van der Waals surface area (Å²) in [7, 11) is 0. The molecule has 1 saturated heterocycles. The number of carbonyl (C=O) groups excluding carboxylic acids is 1. The molecule has 0 saturated carbocycles. The van der Waals surface area contributed by atoms with Crippen LogP contribution in [0, 0.1) is 19.8 Å². The molecule has 1 aliphatic heterocycles. The Labute approximate surface area is 192 Å². The molecule has 1 N–H and O–H groups in total. The van der Waals surface area contributed by atoms with Gasteiger partial charge >= 0.3 is 0 Å². The van der Waals surface area contributed by atoms with Crippen LogP contribution in [0.15, 0.2) is 59.4 Å². The molecule has 1 fully saturated rings. The SMILES string of the molecule is Cc1ccc(-n2nc(N3CCC[C@@H](C(=O)NCc4ccccc4C)C3)ccc2=O)cc1Cl. The molecule has 1 aromatic heterocycles. The minimum atomic E-state index is -0.224. The van der Waals surface area contributed by atoms with Crippen LogP contribution in [0.5, 0.6) is 0 Å². The molecule has 166 valence electrons. The Morgan fingerprint density at radius 1 is 1.12 bits per heavy atom. The quantitative estimate of drug-likeness (QED) is 0.637. The third-order valence-corrected chi connectivity index (χ3v) is 6.42. The summed E-state index contributed by atoms with van der Waals surface area (Å²) in [6.07, 6.45) is 1.73. The van der Waals surface area contributed by atoms with Gasteiger partial charge < -0.3 is 10.2 Å². The van der Waals surface area contributed by atoms with E-state index in [1.54, 1.807) is 12.1 Å². The van der Waals surface area contributed by atoms with Crippen LogP contribution in [-0.4, -0.2) is 28.8 Å². The van der Waals surface area contributed by atoms with E-state index < -0.39 is 0 Å². The summed E-state index contributed by atoms with van der Waals surface area (Å²) in [5.41, 5.74) is 3.63. The van der Waals surface area contributed by atoms with Crippen molar-refractivity contribution in [3.05, 3.63) is 86.7 Å². The van der Waals surface area contributed by atoms with Gasteiger partial charge in [-0.3, -0.25) is 9.59 Å². The van der Waals surface area contributed by atoms with Crippen LogP contribution >= 0.6 is 11.6 Å². The average Bonchev–Trinajstić information content (AvgIpc) is 2.80. The summed E-state index contributed by atoms with van der Waals surface area (Å²) in [5.74, 6) is 0.609. The molecule has 3 aromatic rings. The molecule has 1 amide bonds. The van der Waals surface area contributed by atoms with Crippen LogP contribution in [-0.2, 0) is 11.3 Å². The van der Waals surface area contributed by atoms with Gasteiger partial charge in [-0.1, -0.05) is 41.9 Å². The van der Waals surface area contributed by atoms with Gasteiger partial charge in [-0.25, -0.2) is 0 Å². The highest BCUT2D eigenvalue weighted by molar-refractivity contribution is 6.31. The molecule has 6 nitrogen and oxygen atoms in total. The van der Waals surface area contributed by atoms with Gasteiger partial charge in [0.2, 0.25) is 5.91 Å². The third kappa shape index (κ3) is 4.86. The molecule has 0 bridgehead atoms.